The summed E-state index contributed by atoms with van der Waals surface area (Å²) in [5, 5.41) is 10.1. The molecule has 24 heavy (non-hydrogen) atoms. The first-order valence-electron chi connectivity index (χ1n) is 7.72. The number of rotatable bonds is 7. The molecule has 1 heterocycles. The summed E-state index contributed by atoms with van der Waals surface area (Å²) >= 11 is 0. The molecule has 2 amide bonds. The summed E-state index contributed by atoms with van der Waals surface area (Å²) in [7, 11) is 2.14. The van der Waals surface area contributed by atoms with Crippen LogP contribution in [0.15, 0.2) is 42.0 Å². The van der Waals surface area contributed by atoms with Crippen LogP contribution in [0.1, 0.15) is 18.9 Å². The maximum Gasteiger partial charge on any atom is 0.417 e. The third-order valence-electron chi connectivity index (χ3n) is 3.80. The summed E-state index contributed by atoms with van der Waals surface area (Å²) in [5.41, 5.74) is 1.89. The van der Waals surface area contributed by atoms with Crippen LogP contribution in [0.4, 0.5) is 4.79 Å². The molecule has 1 aromatic carbocycles. The van der Waals surface area contributed by atoms with Crippen LogP contribution in [-0.2, 0) is 20.5 Å². The van der Waals surface area contributed by atoms with Crippen molar-refractivity contribution >= 4 is 21.5 Å². The van der Waals surface area contributed by atoms with Crippen molar-refractivity contribution in [1.82, 2.24) is 4.90 Å². The van der Waals surface area contributed by atoms with Crippen molar-refractivity contribution in [2.24, 2.45) is 0 Å². The smallest absolute Gasteiger partial charge is 0.417 e. The van der Waals surface area contributed by atoms with Crippen molar-refractivity contribution in [3.05, 3.63) is 47.5 Å². The fraction of sp³-hybridized carbons (Fsp3) is 0.412. The number of hydrogen-bond donors (Lipinski definition) is 1. The van der Waals surface area contributed by atoms with E-state index in [0.29, 0.717) is 13.0 Å². The van der Waals surface area contributed by atoms with Gasteiger partial charge in [-0.2, -0.15) is 0 Å². The lowest BCUT2D eigenvalue weighted by atomic mass is 10.0. The highest BCUT2D eigenvalue weighted by atomic mass is 31.0. The van der Waals surface area contributed by atoms with Gasteiger partial charge in [0, 0.05) is 15.9 Å². The summed E-state index contributed by atoms with van der Waals surface area (Å²) < 4.78 is 9.90. The molecule has 1 aliphatic heterocycles. The molecule has 6 nitrogen and oxygen atoms in total. The number of nitrogens with zero attached hydrogens (tertiary/aromatic N) is 1. The lowest BCUT2D eigenvalue weighted by Crippen LogP contribution is -2.45. The number of ether oxygens (including phenoxy) is 1. The molecule has 0 radical (unpaired) electrons. The summed E-state index contributed by atoms with van der Waals surface area (Å²) in [6.07, 6.45) is 0.365. The van der Waals surface area contributed by atoms with E-state index in [-0.39, 0.29) is 13.0 Å². The maximum absolute atomic E-state index is 12.4. The van der Waals surface area contributed by atoms with Gasteiger partial charge in [-0.1, -0.05) is 42.0 Å². The average molecular weight is 351 g/mol. The average Bonchev–Trinajstić information content (AvgIpc) is 2.93. The summed E-state index contributed by atoms with van der Waals surface area (Å²) in [5.74, 6) is -0.630. The van der Waals surface area contributed by atoms with Gasteiger partial charge in [-0.25, -0.2) is 9.69 Å². The van der Waals surface area contributed by atoms with Gasteiger partial charge in [-0.15, -0.1) is 0 Å². The minimum absolute atomic E-state index is 0.126. The van der Waals surface area contributed by atoms with Crippen LogP contribution in [-0.4, -0.2) is 47.4 Å². The Morgan fingerprint density at radius 3 is 2.88 bits per heavy atom. The summed E-state index contributed by atoms with van der Waals surface area (Å²) in [6.45, 7) is 2.37. The Morgan fingerprint density at radius 1 is 1.50 bits per heavy atom. The van der Waals surface area contributed by atoms with Gasteiger partial charge in [-0.3, -0.25) is 4.79 Å². The van der Waals surface area contributed by atoms with Crippen molar-refractivity contribution < 1.29 is 24.0 Å². The Kier molecular flexibility index (Phi) is 6.91. The Bertz CT molecular complexity index is 604. The maximum atomic E-state index is 12.4. The van der Waals surface area contributed by atoms with Crippen molar-refractivity contribution in [3.63, 3.8) is 0 Å². The Hall–Kier alpha value is -1.75. The largest absolute Gasteiger partial charge is 0.447 e. The second-order valence-electron chi connectivity index (χ2n) is 5.74. The number of hydrogen-bond acceptors (Lipinski definition) is 5. The number of amides is 2. The number of cyclic esters (lactones) is 1. The van der Waals surface area contributed by atoms with E-state index in [1.165, 1.54) is 0 Å². The monoisotopic (exact) mass is 351 g/mol. The van der Waals surface area contributed by atoms with E-state index in [1.54, 1.807) is 6.08 Å². The number of benzene rings is 1. The van der Waals surface area contributed by atoms with Crippen LogP contribution in [0.25, 0.3) is 0 Å². The van der Waals surface area contributed by atoms with Gasteiger partial charge in [0.15, 0.2) is 0 Å². The van der Waals surface area contributed by atoms with E-state index in [9.17, 15) is 14.7 Å². The Morgan fingerprint density at radius 2 is 2.21 bits per heavy atom. The first kappa shape index (κ1) is 18.6. The minimum Gasteiger partial charge on any atom is -0.447 e. The van der Waals surface area contributed by atoms with E-state index < -0.39 is 24.1 Å². The zero-order chi connectivity index (χ0) is 17.5. The molecule has 0 saturated carbocycles. The molecule has 7 heteroatoms. The van der Waals surface area contributed by atoms with Crippen LogP contribution in [0, 0.1) is 0 Å². The first-order valence-corrected chi connectivity index (χ1v) is 8.19. The predicted octanol–water partition coefficient (Wildman–Crippen LogP) is 2.08. The second kappa shape index (κ2) is 8.92. The number of carbonyl (C=O) groups is 2. The molecule has 1 aromatic rings. The highest BCUT2D eigenvalue weighted by Gasteiger charge is 2.40. The number of imide groups is 1. The van der Waals surface area contributed by atoms with Crippen LogP contribution < -0.4 is 0 Å². The molecule has 1 fully saturated rings. The van der Waals surface area contributed by atoms with Crippen LogP contribution in [0.3, 0.4) is 0 Å². The predicted molar refractivity (Wildman–Crippen MR) is 92.2 cm³/mol. The number of aliphatic hydroxyl groups excluding tert-OH is 1. The van der Waals surface area contributed by atoms with Gasteiger partial charge < -0.3 is 14.4 Å². The zero-order valence-electron chi connectivity index (χ0n) is 13.6. The zero-order valence-corrected chi connectivity index (χ0v) is 14.7. The van der Waals surface area contributed by atoms with E-state index in [0.717, 1.165) is 16.0 Å². The molecule has 0 spiro atoms. The molecule has 3 atom stereocenters. The highest BCUT2D eigenvalue weighted by molar-refractivity contribution is 7.09. The van der Waals surface area contributed by atoms with E-state index >= 15 is 0 Å². The molecule has 0 bridgehead atoms. The lowest BCUT2D eigenvalue weighted by molar-refractivity contribution is -0.137. The van der Waals surface area contributed by atoms with Gasteiger partial charge in [0.2, 0.25) is 0 Å². The molecule has 1 aliphatic rings. The van der Waals surface area contributed by atoms with Gasteiger partial charge in [0.1, 0.15) is 12.7 Å². The quantitative estimate of drug-likeness (QED) is 0.601. The van der Waals surface area contributed by atoms with Crippen LogP contribution >= 0.6 is 9.47 Å². The molecule has 1 unspecified atom stereocenters. The van der Waals surface area contributed by atoms with Crippen molar-refractivity contribution in [2.75, 3.05) is 13.2 Å². The van der Waals surface area contributed by atoms with E-state index in [4.69, 9.17) is 9.26 Å². The standard InChI is InChI=1S/C17H22NO5P/c1-12(10-23-24)7-8-15(19)16(20)18-14(11-22-17(18)21)9-13-5-3-2-4-6-13/h2-7,14-15,19H,8-11,24H2,1H3/b12-7-/t14-,15-/m0/s1. The fourth-order valence-corrected chi connectivity index (χ4v) is 2.79. The number of aliphatic hydroxyl groups is 1. The van der Waals surface area contributed by atoms with Crippen molar-refractivity contribution in [2.45, 2.75) is 31.9 Å². The fourth-order valence-electron chi connectivity index (χ4n) is 2.53. The molecule has 2 rings (SSSR count). The molecule has 1 saturated heterocycles. The molecular weight excluding hydrogens is 329 g/mol. The Labute approximate surface area is 143 Å². The van der Waals surface area contributed by atoms with Crippen LogP contribution in [0.2, 0.25) is 0 Å². The van der Waals surface area contributed by atoms with Gasteiger partial charge >= 0.3 is 6.09 Å². The van der Waals surface area contributed by atoms with Gasteiger partial charge in [0.05, 0.1) is 12.6 Å². The minimum atomic E-state index is -1.28. The normalized spacial score (nSPS) is 19.3. The number of carbonyl (C=O) groups excluding carboxylic acids is 2. The van der Waals surface area contributed by atoms with E-state index in [2.05, 4.69) is 9.47 Å². The second-order valence-corrected chi connectivity index (χ2v) is 6.08. The topological polar surface area (TPSA) is 76.1 Å². The summed E-state index contributed by atoms with van der Waals surface area (Å²) in [4.78, 5) is 25.4. The van der Waals surface area contributed by atoms with Crippen LogP contribution in [0.5, 0.6) is 0 Å². The molecule has 0 aliphatic carbocycles. The first-order chi connectivity index (χ1) is 11.5. The Balaban J connectivity index is 2.02. The van der Waals surface area contributed by atoms with Crippen molar-refractivity contribution in [1.29, 1.82) is 0 Å². The van der Waals surface area contributed by atoms with Gasteiger partial charge in [-0.05, 0) is 18.9 Å². The molecule has 0 aromatic heterocycles. The molecule has 1 N–H and O–H groups in total. The lowest BCUT2D eigenvalue weighted by Gasteiger charge is -2.22. The summed E-state index contributed by atoms with van der Waals surface area (Å²) in [6, 6.07) is 9.15. The van der Waals surface area contributed by atoms with Gasteiger partial charge in [0.25, 0.3) is 5.91 Å². The molecule has 130 valence electrons. The third-order valence-corrected chi connectivity index (χ3v) is 3.96. The SMILES string of the molecule is C/C(=C/C[C@H](O)C(=O)N1C(=O)OC[C@@H]1Cc1ccccc1)COP. The van der Waals surface area contributed by atoms with Crippen molar-refractivity contribution in [3.8, 4) is 0 Å². The highest BCUT2D eigenvalue weighted by Crippen LogP contribution is 2.19. The van der Waals surface area contributed by atoms with E-state index in [1.807, 2.05) is 37.3 Å². The molecular formula is C17H22NO5P. The third kappa shape index (κ3) is 4.87.